The predicted molar refractivity (Wildman–Crippen MR) is 140 cm³/mol. The molecule has 3 aliphatic carbocycles. The number of hydrogen-bond acceptors (Lipinski definition) is 6. The lowest BCUT2D eigenvalue weighted by molar-refractivity contribution is -0.0827. The van der Waals surface area contributed by atoms with Gasteiger partial charge in [-0.2, -0.15) is 0 Å². The third-order valence-electron chi connectivity index (χ3n) is 9.40. The second kappa shape index (κ2) is 12.1. The standard InChI is InChI=1S/C29H45O6P/c1-18-12-23(31-3)10-11-27(18)33-36-34-28-19(2)13-24(32-4)17-26(28)25-16-22(30)15-21(29(25)35-36)14-20-8-6-5-7-9-20/h5-9,18-19,21-30H,10-17H2,1-4H3/t18-,19-,21?,22-,23-,24+,25?,26?,27+,28-,29+,36?/m0/s1. The van der Waals surface area contributed by atoms with E-state index >= 15 is 0 Å². The maximum atomic E-state index is 11.0. The monoisotopic (exact) mass is 520 g/mol. The zero-order valence-corrected chi connectivity index (χ0v) is 23.2. The van der Waals surface area contributed by atoms with Crippen LogP contribution in [0, 0.1) is 29.6 Å². The van der Waals surface area contributed by atoms with Crippen molar-refractivity contribution in [2.75, 3.05) is 14.2 Å². The Hall–Kier alpha value is -0.590. The van der Waals surface area contributed by atoms with Crippen LogP contribution in [0.25, 0.3) is 0 Å². The Morgan fingerprint density at radius 1 is 0.833 bits per heavy atom. The molecule has 1 aromatic rings. The first-order valence-corrected chi connectivity index (χ1v) is 15.1. The highest BCUT2D eigenvalue weighted by molar-refractivity contribution is 7.41. The predicted octanol–water partition coefficient (Wildman–Crippen LogP) is 5.91. The average molecular weight is 521 g/mol. The van der Waals surface area contributed by atoms with Crippen molar-refractivity contribution in [2.24, 2.45) is 29.6 Å². The fraction of sp³-hybridized carbons (Fsp3) is 0.793. The van der Waals surface area contributed by atoms with Crippen molar-refractivity contribution in [3.05, 3.63) is 35.9 Å². The van der Waals surface area contributed by atoms with Crippen molar-refractivity contribution in [1.82, 2.24) is 0 Å². The molecule has 7 heteroatoms. The van der Waals surface area contributed by atoms with Gasteiger partial charge in [-0.1, -0.05) is 44.2 Å². The summed E-state index contributed by atoms with van der Waals surface area (Å²) in [5, 5.41) is 11.0. The van der Waals surface area contributed by atoms with E-state index < -0.39 is 8.60 Å². The highest BCUT2D eigenvalue weighted by Gasteiger charge is 2.53. The van der Waals surface area contributed by atoms with Crippen LogP contribution in [-0.2, 0) is 29.5 Å². The van der Waals surface area contributed by atoms with E-state index in [0.717, 1.165) is 51.4 Å². The second-order valence-electron chi connectivity index (χ2n) is 11.9. The third-order valence-corrected chi connectivity index (χ3v) is 10.7. The Bertz CT molecular complexity index is 825. The van der Waals surface area contributed by atoms with Gasteiger partial charge in [0.05, 0.1) is 36.6 Å². The van der Waals surface area contributed by atoms with Crippen molar-refractivity contribution in [2.45, 2.75) is 102 Å². The van der Waals surface area contributed by atoms with Gasteiger partial charge in [-0.05, 0) is 86.5 Å². The lowest BCUT2D eigenvalue weighted by Gasteiger charge is -2.46. The van der Waals surface area contributed by atoms with Gasteiger partial charge in [0.25, 0.3) is 0 Å². The molecule has 4 unspecified atom stereocenters. The van der Waals surface area contributed by atoms with Gasteiger partial charge < -0.3 is 28.2 Å². The van der Waals surface area contributed by atoms with Crippen molar-refractivity contribution in [1.29, 1.82) is 0 Å². The second-order valence-corrected chi connectivity index (χ2v) is 12.9. The normalized spacial score (nSPS) is 45.4. The van der Waals surface area contributed by atoms with Crippen molar-refractivity contribution < 1.29 is 28.2 Å². The summed E-state index contributed by atoms with van der Waals surface area (Å²) in [5.41, 5.74) is 1.30. The van der Waals surface area contributed by atoms with E-state index in [4.69, 9.17) is 23.0 Å². The van der Waals surface area contributed by atoms with E-state index in [0.29, 0.717) is 23.9 Å². The first-order chi connectivity index (χ1) is 17.4. The molecular weight excluding hydrogens is 475 g/mol. The summed E-state index contributed by atoms with van der Waals surface area (Å²) in [4.78, 5) is 0. The fourth-order valence-electron chi connectivity index (χ4n) is 7.45. The van der Waals surface area contributed by atoms with E-state index in [1.54, 1.807) is 0 Å². The van der Waals surface area contributed by atoms with Crippen molar-refractivity contribution in [3.63, 3.8) is 0 Å². The third kappa shape index (κ3) is 6.01. The molecule has 0 radical (unpaired) electrons. The average Bonchev–Trinajstić information content (AvgIpc) is 3.03. The molecule has 3 saturated carbocycles. The lowest BCUT2D eigenvalue weighted by Crippen LogP contribution is -2.49. The molecule has 0 spiro atoms. The SMILES string of the molecule is CO[C@H]1CC2C3C[C@@H](O)CC(Cc4ccccc4)[C@H]3OP(O[C@@H]3CC[C@H](OC)C[C@@H]3C)O[C@H]2[C@@H](C)C1. The minimum absolute atomic E-state index is 0.0168. The molecule has 5 rings (SSSR count). The summed E-state index contributed by atoms with van der Waals surface area (Å²) in [6.07, 6.45) is 7.83. The molecule has 1 saturated heterocycles. The van der Waals surface area contributed by atoms with E-state index in [1.807, 2.05) is 14.2 Å². The molecule has 202 valence electrons. The van der Waals surface area contributed by atoms with E-state index in [-0.39, 0.29) is 42.4 Å². The largest absolute Gasteiger partial charge is 0.393 e. The molecule has 6 nitrogen and oxygen atoms in total. The fourth-order valence-corrected chi connectivity index (χ4v) is 9.22. The quantitative estimate of drug-likeness (QED) is 0.471. The van der Waals surface area contributed by atoms with Crippen molar-refractivity contribution in [3.8, 4) is 0 Å². The van der Waals surface area contributed by atoms with Crippen LogP contribution < -0.4 is 0 Å². The minimum Gasteiger partial charge on any atom is -0.393 e. The molecule has 1 N–H and O–H groups in total. The molecule has 4 aliphatic rings. The summed E-state index contributed by atoms with van der Waals surface area (Å²) in [5.74, 6) is 1.54. The van der Waals surface area contributed by atoms with Gasteiger partial charge in [0.1, 0.15) is 0 Å². The van der Waals surface area contributed by atoms with Gasteiger partial charge in [-0.15, -0.1) is 0 Å². The Labute approximate surface area is 218 Å². The molecule has 0 bridgehead atoms. The lowest BCUT2D eigenvalue weighted by atomic mass is 9.63. The summed E-state index contributed by atoms with van der Waals surface area (Å²) >= 11 is 0. The smallest absolute Gasteiger partial charge is 0.333 e. The maximum Gasteiger partial charge on any atom is 0.333 e. The van der Waals surface area contributed by atoms with Crippen LogP contribution in [0.3, 0.4) is 0 Å². The molecule has 1 heterocycles. The number of hydrogen-bond donors (Lipinski definition) is 1. The number of methoxy groups -OCH3 is 2. The number of ether oxygens (including phenoxy) is 2. The van der Waals surface area contributed by atoms with Gasteiger partial charge in [0, 0.05) is 14.2 Å². The zero-order valence-electron chi connectivity index (χ0n) is 22.3. The van der Waals surface area contributed by atoms with Crippen LogP contribution in [0.4, 0.5) is 0 Å². The van der Waals surface area contributed by atoms with Crippen LogP contribution in [0.15, 0.2) is 30.3 Å². The van der Waals surface area contributed by atoms with Gasteiger partial charge in [-0.3, -0.25) is 0 Å². The van der Waals surface area contributed by atoms with Crippen LogP contribution in [0.5, 0.6) is 0 Å². The molecule has 1 aromatic carbocycles. The summed E-state index contributed by atoms with van der Waals surface area (Å²) in [6, 6.07) is 10.6. The van der Waals surface area contributed by atoms with E-state index in [1.165, 1.54) is 5.56 Å². The number of fused-ring (bicyclic) bond motifs is 3. The van der Waals surface area contributed by atoms with E-state index in [2.05, 4.69) is 44.2 Å². The molecule has 1 aliphatic heterocycles. The molecule has 36 heavy (non-hydrogen) atoms. The van der Waals surface area contributed by atoms with Gasteiger partial charge in [-0.25, -0.2) is 0 Å². The van der Waals surface area contributed by atoms with Gasteiger partial charge in [0.15, 0.2) is 0 Å². The first-order valence-electron chi connectivity index (χ1n) is 14.0. The molecule has 0 amide bonds. The molecule has 4 fully saturated rings. The van der Waals surface area contributed by atoms with Crippen molar-refractivity contribution >= 4 is 8.60 Å². The Balaban J connectivity index is 1.40. The Morgan fingerprint density at radius 2 is 1.53 bits per heavy atom. The molecule has 12 atom stereocenters. The van der Waals surface area contributed by atoms with E-state index in [9.17, 15) is 5.11 Å². The highest BCUT2D eigenvalue weighted by atomic mass is 31.2. The number of aliphatic hydroxyl groups is 1. The van der Waals surface area contributed by atoms with Crippen LogP contribution in [0.1, 0.15) is 64.4 Å². The summed E-state index contributed by atoms with van der Waals surface area (Å²) in [6.45, 7) is 4.54. The Kier molecular flexibility index (Phi) is 9.05. The van der Waals surface area contributed by atoms with Crippen LogP contribution in [-0.4, -0.2) is 55.9 Å². The maximum absolute atomic E-state index is 11.0. The van der Waals surface area contributed by atoms with Gasteiger partial charge >= 0.3 is 8.60 Å². The number of benzene rings is 1. The zero-order chi connectivity index (χ0) is 25.2. The topological polar surface area (TPSA) is 66.4 Å². The highest BCUT2D eigenvalue weighted by Crippen LogP contribution is 2.58. The summed E-state index contributed by atoms with van der Waals surface area (Å²) < 4.78 is 31.9. The van der Waals surface area contributed by atoms with Crippen LogP contribution >= 0.6 is 8.60 Å². The number of aliphatic hydroxyl groups excluding tert-OH is 1. The molecule has 0 aromatic heterocycles. The first kappa shape index (κ1) is 27.0. The Morgan fingerprint density at radius 3 is 2.25 bits per heavy atom. The number of rotatable bonds is 6. The van der Waals surface area contributed by atoms with Gasteiger partial charge in [0.2, 0.25) is 0 Å². The van der Waals surface area contributed by atoms with Crippen LogP contribution in [0.2, 0.25) is 0 Å². The summed E-state index contributed by atoms with van der Waals surface area (Å²) in [7, 11) is 2.15. The minimum atomic E-state index is -1.48. The molecular formula is C29H45O6P.